The summed E-state index contributed by atoms with van der Waals surface area (Å²) in [6.07, 6.45) is 1.56. The highest BCUT2D eigenvalue weighted by Gasteiger charge is 2.13. The number of nitrogens with one attached hydrogen (secondary N) is 1. The van der Waals surface area contributed by atoms with E-state index >= 15 is 0 Å². The molecular weight excluding hydrogens is 390 g/mol. The highest BCUT2D eigenvalue weighted by Crippen LogP contribution is 2.35. The van der Waals surface area contributed by atoms with Crippen molar-refractivity contribution in [3.8, 4) is 23.0 Å². The molecule has 0 radical (unpaired) electrons. The molecule has 0 fully saturated rings. The highest BCUT2D eigenvalue weighted by molar-refractivity contribution is 6.83. The third-order valence-electron chi connectivity index (χ3n) is 4.46. The van der Waals surface area contributed by atoms with Gasteiger partial charge in [-0.2, -0.15) is 0 Å². The SMILES string of the molecule is CCOc1cc2ncnc(Nc3cccc(C#C[Si](C)(C)C)c3C)c2cc1OCC. The van der Waals surface area contributed by atoms with Crippen molar-refractivity contribution < 1.29 is 9.47 Å². The Morgan fingerprint density at radius 1 is 1.00 bits per heavy atom. The first-order chi connectivity index (χ1) is 14.3. The van der Waals surface area contributed by atoms with Crippen molar-refractivity contribution in [2.24, 2.45) is 0 Å². The molecule has 0 aliphatic carbocycles. The normalized spacial score (nSPS) is 11.0. The van der Waals surface area contributed by atoms with Crippen molar-refractivity contribution >= 4 is 30.5 Å². The van der Waals surface area contributed by atoms with Crippen LogP contribution in [0.15, 0.2) is 36.7 Å². The second-order valence-electron chi connectivity index (χ2n) is 8.01. The van der Waals surface area contributed by atoms with Crippen molar-refractivity contribution in [1.82, 2.24) is 9.97 Å². The van der Waals surface area contributed by atoms with Crippen LogP contribution in [0.3, 0.4) is 0 Å². The lowest BCUT2D eigenvalue weighted by molar-refractivity contribution is 0.288. The molecule has 6 heteroatoms. The van der Waals surface area contributed by atoms with Crippen LogP contribution in [0.4, 0.5) is 11.5 Å². The summed E-state index contributed by atoms with van der Waals surface area (Å²) in [6, 6.07) is 9.97. The van der Waals surface area contributed by atoms with Crippen LogP contribution >= 0.6 is 0 Å². The lowest BCUT2D eigenvalue weighted by Crippen LogP contribution is -2.16. The van der Waals surface area contributed by atoms with E-state index in [2.05, 4.69) is 59.4 Å². The molecule has 0 aliphatic heterocycles. The molecule has 30 heavy (non-hydrogen) atoms. The first-order valence-corrected chi connectivity index (χ1v) is 13.8. The maximum Gasteiger partial charge on any atom is 0.163 e. The van der Waals surface area contributed by atoms with Gasteiger partial charge in [-0.15, -0.1) is 5.54 Å². The lowest BCUT2D eigenvalue weighted by Gasteiger charge is -2.15. The Balaban J connectivity index is 2.04. The van der Waals surface area contributed by atoms with Gasteiger partial charge in [-0.05, 0) is 44.5 Å². The number of anilines is 2. The standard InChI is InChI=1S/C24H29N3O2Si/c1-7-28-22-14-19-21(15-23(22)29-8-2)25-16-26-24(19)27-20-11-9-10-18(17(20)3)12-13-30(4,5)6/h9-11,14-16H,7-8H2,1-6H3,(H,25,26,27). The smallest absolute Gasteiger partial charge is 0.163 e. The number of ether oxygens (including phenoxy) is 2. The molecule has 0 bridgehead atoms. The Morgan fingerprint density at radius 3 is 2.37 bits per heavy atom. The fourth-order valence-electron chi connectivity index (χ4n) is 2.99. The Labute approximate surface area is 179 Å². The zero-order valence-corrected chi connectivity index (χ0v) is 19.6. The second kappa shape index (κ2) is 9.18. The van der Waals surface area contributed by atoms with Gasteiger partial charge in [0.05, 0.1) is 18.7 Å². The molecule has 3 aromatic rings. The van der Waals surface area contributed by atoms with Crippen LogP contribution in [-0.2, 0) is 0 Å². The average molecular weight is 420 g/mol. The van der Waals surface area contributed by atoms with Crippen LogP contribution in [0, 0.1) is 18.4 Å². The van der Waals surface area contributed by atoms with E-state index in [4.69, 9.17) is 9.47 Å². The number of aromatic nitrogens is 2. The summed E-state index contributed by atoms with van der Waals surface area (Å²) in [5.74, 6) is 5.47. The van der Waals surface area contributed by atoms with Crippen molar-refractivity contribution in [2.75, 3.05) is 18.5 Å². The van der Waals surface area contributed by atoms with Gasteiger partial charge in [-0.25, -0.2) is 9.97 Å². The Hall–Kier alpha value is -3.04. The molecule has 2 aromatic carbocycles. The lowest BCUT2D eigenvalue weighted by atomic mass is 10.1. The zero-order valence-electron chi connectivity index (χ0n) is 18.6. The number of nitrogens with zero attached hydrogens (tertiary/aromatic N) is 2. The molecule has 0 saturated heterocycles. The van der Waals surface area contributed by atoms with E-state index in [1.807, 2.05) is 38.1 Å². The first kappa shape index (κ1) is 21.7. The molecule has 0 aliphatic rings. The third kappa shape index (κ3) is 5.11. The molecule has 0 spiro atoms. The minimum absolute atomic E-state index is 0.555. The Bertz CT molecular complexity index is 1110. The van der Waals surface area contributed by atoms with Crippen LogP contribution in [0.5, 0.6) is 11.5 Å². The topological polar surface area (TPSA) is 56.3 Å². The number of benzene rings is 2. The first-order valence-electron chi connectivity index (χ1n) is 10.3. The molecule has 1 heterocycles. The Kier molecular flexibility index (Phi) is 6.63. The van der Waals surface area contributed by atoms with Gasteiger partial charge in [0, 0.05) is 22.7 Å². The Morgan fingerprint density at radius 2 is 1.70 bits per heavy atom. The van der Waals surface area contributed by atoms with E-state index in [1.165, 1.54) is 0 Å². The van der Waals surface area contributed by atoms with Crippen LogP contribution in [0.2, 0.25) is 19.6 Å². The van der Waals surface area contributed by atoms with Gasteiger partial charge in [0.25, 0.3) is 0 Å². The number of rotatable bonds is 6. The van der Waals surface area contributed by atoms with Crippen LogP contribution < -0.4 is 14.8 Å². The maximum absolute atomic E-state index is 5.79. The molecule has 0 atom stereocenters. The van der Waals surface area contributed by atoms with Crippen molar-refractivity contribution in [3.05, 3.63) is 47.8 Å². The van der Waals surface area contributed by atoms with Crippen molar-refractivity contribution in [3.63, 3.8) is 0 Å². The van der Waals surface area contributed by atoms with E-state index in [0.29, 0.717) is 24.7 Å². The van der Waals surface area contributed by atoms with Gasteiger partial charge in [0.2, 0.25) is 0 Å². The van der Waals surface area contributed by atoms with E-state index in [9.17, 15) is 0 Å². The largest absolute Gasteiger partial charge is 0.490 e. The van der Waals surface area contributed by atoms with Gasteiger partial charge in [0.1, 0.15) is 20.2 Å². The van der Waals surface area contributed by atoms with Gasteiger partial charge in [-0.1, -0.05) is 31.6 Å². The molecule has 1 aromatic heterocycles. The molecular formula is C24H29N3O2Si. The molecule has 156 valence electrons. The van der Waals surface area contributed by atoms with E-state index in [1.54, 1.807) is 6.33 Å². The quantitative estimate of drug-likeness (QED) is 0.410. The minimum atomic E-state index is -1.45. The van der Waals surface area contributed by atoms with Crippen molar-refractivity contribution in [1.29, 1.82) is 0 Å². The summed E-state index contributed by atoms with van der Waals surface area (Å²) in [5, 5.41) is 4.35. The van der Waals surface area contributed by atoms with Crippen LogP contribution in [0.1, 0.15) is 25.0 Å². The summed E-state index contributed by atoms with van der Waals surface area (Å²) in [7, 11) is -1.45. The monoisotopic (exact) mass is 419 g/mol. The average Bonchev–Trinajstić information content (AvgIpc) is 2.69. The third-order valence-corrected chi connectivity index (χ3v) is 5.33. The highest BCUT2D eigenvalue weighted by atomic mass is 28.3. The molecule has 0 saturated carbocycles. The summed E-state index contributed by atoms with van der Waals surface area (Å²) in [5.41, 5.74) is 7.36. The minimum Gasteiger partial charge on any atom is -0.490 e. The van der Waals surface area contributed by atoms with Crippen LogP contribution in [0.25, 0.3) is 10.9 Å². The number of fused-ring (bicyclic) bond motifs is 1. The van der Waals surface area contributed by atoms with Crippen LogP contribution in [-0.4, -0.2) is 31.3 Å². The van der Waals surface area contributed by atoms with Gasteiger partial charge < -0.3 is 14.8 Å². The molecule has 0 unspecified atom stereocenters. The molecule has 1 N–H and O–H groups in total. The van der Waals surface area contributed by atoms with Gasteiger partial charge >= 0.3 is 0 Å². The predicted octanol–water partition coefficient (Wildman–Crippen LogP) is 5.71. The molecule has 3 rings (SSSR count). The fraction of sp³-hybridized carbons (Fsp3) is 0.333. The van der Waals surface area contributed by atoms with E-state index in [-0.39, 0.29) is 0 Å². The maximum atomic E-state index is 5.79. The predicted molar refractivity (Wildman–Crippen MR) is 127 cm³/mol. The summed E-state index contributed by atoms with van der Waals surface area (Å²) in [4.78, 5) is 8.91. The molecule has 0 amide bonds. The molecule has 5 nitrogen and oxygen atoms in total. The summed E-state index contributed by atoms with van der Waals surface area (Å²) in [6.45, 7) is 13.8. The van der Waals surface area contributed by atoms with Gasteiger partial charge in [-0.3, -0.25) is 0 Å². The fourth-order valence-corrected chi connectivity index (χ4v) is 3.50. The zero-order chi connectivity index (χ0) is 21.7. The number of hydrogen-bond acceptors (Lipinski definition) is 5. The number of hydrogen-bond donors (Lipinski definition) is 1. The van der Waals surface area contributed by atoms with E-state index in [0.717, 1.165) is 33.5 Å². The summed E-state index contributed by atoms with van der Waals surface area (Å²) < 4.78 is 11.5. The second-order valence-corrected chi connectivity index (χ2v) is 12.8. The summed E-state index contributed by atoms with van der Waals surface area (Å²) >= 11 is 0. The van der Waals surface area contributed by atoms with Gasteiger partial charge in [0.15, 0.2) is 11.5 Å². The van der Waals surface area contributed by atoms with Crippen molar-refractivity contribution in [2.45, 2.75) is 40.4 Å². The van der Waals surface area contributed by atoms with E-state index < -0.39 is 8.07 Å².